The Morgan fingerprint density at radius 2 is 2.00 bits per heavy atom. The van der Waals surface area contributed by atoms with Crippen molar-refractivity contribution in [3.8, 4) is 6.07 Å². The monoisotopic (exact) mass is 458 g/mol. The Labute approximate surface area is 190 Å². The fourth-order valence-corrected chi connectivity index (χ4v) is 3.19. The first-order valence-electron chi connectivity index (χ1n) is 8.94. The molecule has 3 rings (SSSR count). The van der Waals surface area contributed by atoms with Gasteiger partial charge < -0.3 is 9.84 Å². The number of aliphatic hydroxyl groups excluding tert-OH is 1. The number of nitriles is 1. The fraction of sp³-hybridized carbons (Fsp3) is 0.130. The van der Waals surface area contributed by atoms with Gasteiger partial charge in [-0.1, -0.05) is 47.5 Å². The largest absolute Gasteiger partial charge is 0.506 e. The summed E-state index contributed by atoms with van der Waals surface area (Å²) in [4.78, 5) is 5.52. The molecular formula is C23H20Cl2N2O2S. The van der Waals surface area contributed by atoms with Crippen molar-refractivity contribution in [3.63, 3.8) is 0 Å². The smallest absolute Gasteiger partial charge is 0.137 e. The summed E-state index contributed by atoms with van der Waals surface area (Å²) in [7, 11) is 0. The standard InChI is InChI=1S/C16H16ClNO2S.C7H4ClN/c1-21-16-8-3-2-7-14(16)18-9-10-20-12-5-4-6-13(17)15(19)11-12;8-7-3-1-2-6(4-7)5-9/h2-3,5-9,11,19H,4,10H2,1H3;1-4H. The SMILES string of the molecule is CSc1ccccc1N=CCOC1=CCC=C(Cl)C(O)=C1.N#Cc1cccc(Cl)c1. The number of hydrogen-bond donors (Lipinski definition) is 1. The van der Waals surface area contributed by atoms with Crippen molar-refractivity contribution in [2.45, 2.75) is 11.3 Å². The number of thioether (sulfide) groups is 1. The number of aliphatic imine (C=N–C) groups is 1. The molecule has 0 unspecified atom stereocenters. The maximum atomic E-state index is 9.63. The molecule has 0 radical (unpaired) electrons. The predicted octanol–water partition coefficient (Wildman–Crippen LogP) is 7.19. The van der Waals surface area contributed by atoms with Gasteiger partial charge in [0, 0.05) is 22.2 Å². The van der Waals surface area contributed by atoms with Crippen LogP contribution in [0.4, 0.5) is 5.69 Å². The first-order valence-corrected chi connectivity index (χ1v) is 10.9. The highest BCUT2D eigenvalue weighted by Gasteiger charge is 2.05. The van der Waals surface area contributed by atoms with Gasteiger partial charge in [0.25, 0.3) is 0 Å². The minimum absolute atomic E-state index is 0.0186. The lowest BCUT2D eigenvalue weighted by atomic mass is 10.2. The van der Waals surface area contributed by atoms with Gasteiger partial charge in [-0.05, 0) is 49.1 Å². The highest BCUT2D eigenvalue weighted by molar-refractivity contribution is 7.98. The zero-order valence-electron chi connectivity index (χ0n) is 16.3. The average Bonchev–Trinajstić information content (AvgIpc) is 2.92. The molecule has 0 bridgehead atoms. The Bertz CT molecular complexity index is 1020. The van der Waals surface area contributed by atoms with Gasteiger partial charge in [-0.15, -0.1) is 11.8 Å². The summed E-state index contributed by atoms with van der Waals surface area (Å²) in [5.41, 5.74) is 1.52. The maximum Gasteiger partial charge on any atom is 0.137 e. The van der Waals surface area contributed by atoms with Gasteiger partial charge in [-0.2, -0.15) is 5.26 Å². The zero-order chi connectivity index (χ0) is 21.8. The molecule has 4 nitrogen and oxygen atoms in total. The van der Waals surface area contributed by atoms with Crippen molar-refractivity contribution >= 4 is 46.9 Å². The van der Waals surface area contributed by atoms with Crippen LogP contribution in [0.2, 0.25) is 5.02 Å². The van der Waals surface area contributed by atoms with Crippen molar-refractivity contribution in [2.24, 2.45) is 4.99 Å². The molecular weight excluding hydrogens is 439 g/mol. The second kappa shape index (κ2) is 12.8. The lowest BCUT2D eigenvalue weighted by Crippen LogP contribution is -1.95. The second-order valence-electron chi connectivity index (χ2n) is 5.84. The Kier molecular flexibility index (Phi) is 10.1. The third-order valence-corrected chi connectivity index (χ3v) is 5.10. The van der Waals surface area contributed by atoms with Crippen LogP contribution in [-0.2, 0) is 4.74 Å². The van der Waals surface area contributed by atoms with E-state index in [1.807, 2.05) is 42.7 Å². The maximum absolute atomic E-state index is 9.63. The Balaban J connectivity index is 0.000000297. The molecule has 30 heavy (non-hydrogen) atoms. The molecule has 0 aliphatic heterocycles. The number of para-hydroxylation sites is 1. The normalized spacial score (nSPS) is 13.2. The number of nitrogens with zero attached hydrogens (tertiary/aromatic N) is 2. The van der Waals surface area contributed by atoms with Crippen molar-refractivity contribution in [2.75, 3.05) is 12.9 Å². The Morgan fingerprint density at radius 3 is 2.70 bits per heavy atom. The van der Waals surface area contributed by atoms with Gasteiger partial charge in [0.2, 0.25) is 0 Å². The van der Waals surface area contributed by atoms with Crippen molar-refractivity contribution < 1.29 is 9.84 Å². The summed E-state index contributed by atoms with van der Waals surface area (Å²) >= 11 is 13.1. The van der Waals surface area contributed by atoms with Crippen molar-refractivity contribution in [1.82, 2.24) is 0 Å². The number of aliphatic hydroxyl groups is 1. The Morgan fingerprint density at radius 1 is 1.20 bits per heavy atom. The summed E-state index contributed by atoms with van der Waals surface area (Å²) in [6, 6.07) is 16.7. The molecule has 0 fully saturated rings. The zero-order valence-corrected chi connectivity index (χ0v) is 18.6. The van der Waals surface area contributed by atoms with Crippen LogP contribution in [0.1, 0.15) is 12.0 Å². The fourth-order valence-electron chi connectivity index (χ4n) is 2.31. The van der Waals surface area contributed by atoms with E-state index in [4.69, 9.17) is 33.2 Å². The van der Waals surface area contributed by atoms with E-state index in [1.54, 1.807) is 48.3 Å². The number of rotatable bonds is 5. The topological polar surface area (TPSA) is 65.6 Å². The molecule has 0 saturated heterocycles. The van der Waals surface area contributed by atoms with Crippen molar-refractivity contribution in [3.05, 3.63) is 93.9 Å². The van der Waals surface area contributed by atoms with Gasteiger partial charge in [-0.3, -0.25) is 4.99 Å². The molecule has 0 atom stereocenters. The summed E-state index contributed by atoms with van der Waals surface area (Å²) in [5, 5.41) is 18.9. The van der Waals surface area contributed by atoms with Crippen LogP contribution in [0, 0.1) is 11.3 Å². The third kappa shape index (κ3) is 8.00. The average molecular weight is 459 g/mol. The van der Waals surface area contributed by atoms with Gasteiger partial charge in [0.05, 0.1) is 22.4 Å². The van der Waals surface area contributed by atoms with Crippen LogP contribution in [-0.4, -0.2) is 24.2 Å². The highest BCUT2D eigenvalue weighted by atomic mass is 35.5. The van der Waals surface area contributed by atoms with Crippen LogP contribution < -0.4 is 0 Å². The molecule has 154 valence electrons. The molecule has 0 spiro atoms. The lowest BCUT2D eigenvalue weighted by molar-refractivity contribution is 0.272. The van der Waals surface area contributed by atoms with Crippen LogP contribution in [0.5, 0.6) is 0 Å². The molecule has 0 aromatic heterocycles. The van der Waals surface area contributed by atoms with E-state index in [2.05, 4.69) is 4.99 Å². The number of halogens is 2. The predicted molar refractivity (Wildman–Crippen MR) is 126 cm³/mol. The quantitative estimate of drug-likeness (QED) is 0.380. The molecule has 0 amide bonds. The van der Waals surface area contributed by atoms with Crippen LogP contribution in [0.15, 0.2) is 93.2 Å². The lowest BCUT2D eigenvalue weighted by Gasteiger charge is -2.04. The molecule has 2 aromatic carbocycles. The number of benzene rings is 2. The third-order valence-electron chi connectivity index (χ3n) is 3.73. The molecule has 2 aromatic rings. The van der Waals surface area contributed by atoms with Crippen LogP contribution >= 0.6 is 35.0 Å². The summed E-state index contributed by atoms with van der Waals surface area (Å²) in [5.74, 6) is 0.606. The van der Waals surface area contributed by atoms with E-state index >= 15 is 0 Å². The molecule has 0 heterocycles. The van der Waals surface area contributed by atoms with Gasteiger partial charge >= 0.3 is 0 Å². The highest BCUT2D eigenvalue weighted by Crippen LogP contribution is 2.26. The van der Waals surface area contributed by atoms with E-state index < -0.39 is 0 Å². The summed E-state index contributed by atoms with van der Waals surface area (Å²) in [6.45, 7) is 0.329. The minimum atomic E-state index is 0.0186. The Hall–Kier alpha value is -2.65. The number of hydrogen-bond acceptors (Lipinski definition) is 5. The first kappa shape index (κ1) is 23.6. The van der Waals surface area contributed by atoms with E-state index in [0.29, 0.717) is 34.4 Å². The number of allylic oxidation sites excluding steroid dienone is 4. The molecule has 1 N–H and O–H groups in total. The molecule has 1 aliphatic rings. The molecule has 7 heteroatoms. The van der Waals surface area contributed by atoms with E-state index in [-0.39, 0.29) is 5.76 Å². The summed E-state index contributed by atoms with van der Waals surface area (Å²) in [6.07, 6.45) is 9.45. The first-order chi connectivity index (χ1) is 14.5. The number of ether oxygens (including phenoxy) is 1. The summed E-state index contributed by atoms with van der Waals surface area (Å²) < 4.78 is 5.55. The van der Waals surface area contributed by atoms with Gasteiger partial charge in [0.1, 0.15) is 18.1 Å². The van der Waals surface area contributed by atoms with Crippen LogP contribution in [0.25, 0.3) is 0 Å². The van der Waals surface area contributed by atoms with E-state index in [1.165, 1.54) is 6.08 Å². The van der Waals surface area contributed by atoms with E-state index in [9.17, 15) is 5.11 Å². The second-order valence-corrected chi connectivity index (χ2v) is 7.53. The minimum Gasteiger partial charge on any atom is -0.506 e. The van der Waals surface area contributed by atoms with Gasteiger partial charge in [0.15, 0.2) is 0 Å². The van der Waals surface area contributed by atoms with Crippen LogP contribution in [0.3, 0.4) is 0 Å². The molecule has 1 aliphatic carbocycles. The van der Waals surface area contributed by atoms with Crippen molar-refractivity contribution in [1.29, 1.82) is 5.26 Å². The van der Waals surface area contributed by atoms with Gasteiger partial charge in [-0.25, -0.2) is 0 Å². The van der Waals surface area contributed by atoms with E-state index in [0.717, 1.165) is 10.6 Å². The molecule has 0 saturated carbocycles.